The maximum absolute atomic E-state index is 12.2. The van der Waals surface area contributed by atoms with Crippen LogP contribution < -0.4 is 5.32 Å². The predicted octanol–water partition coefficient (Wildman–Crippen LogP) is 3.97. The molecule has 0 aromatic carbocycles. The highest BCUT2D eigenvalue weighted by molar-refractivity contribution is 7.15. The molecule has 8 heteroatoms. The first-order valence-corrected chi connectivity index (χ1v) is 9.19. The van der Waals surface area contributed by atoms with Gasteiger partial charge in [0.25, 0.3) is 5.91 Å². The monoisotopic (exact) mass is 347 g/mol. The third-order valence-corrected chi connectivity index (χ3v) is 5.08. The number of carbonyl (C=O) groups is 1. The zero-order valence-corrected chi connectivity index (χ0v) is 14.3. The van der Waals surface area contributed by atoms with Crippen molar-refractivity contribution in [1.82, 2.24) is 20.4 Å². The van der Waals surface area contributed by atoms with Gasteiger partial charge >= 0.3 is 0 Å². The van der Waals surface area contributed by atoms with Crippen LogP contribution in [0.25, 0.3) is 10.6 Å². The first-order valence-electron chi connectivity index (χ1n) is 7.49. The van der Waals surface area contributed by atoms with E-state index in [-0.39, 0.29) is 5.91 Å². The second-order valence-corrected chi connectivity index (χ2v) is 7.07. The van der Waals surface area contributed by atoms with Crippen molar-refractivity contribution in [1.29, 1.82) is 0 Å². The minimum absolute atomic E-state index is 0.277. The Bertz CT molecular complexity index is 763. The highest BCUT2D eigenvalue weighted by Gasteiger charge is 2.14. The lowest BCUT2D eigenvalue weighted by molar-refractivity contribution is 0.102. The van der Waals surface area contributed by atoms with Gasteiger partial charge in [-0.05, 0) is 23.9 Å². The van der Waals surface area contributed by atoms with Crippen LogP contribution in [-0.4, -0.2) is 26.3 Å². The van der Waals surface area contributed by atoms with E-state index in [1.165, 1.54) is 24.2 Å². The molecule has 120 valence electrons. The van der Waals surface area contributed by atoms with Gasteiger partial charge in [0.15, 0.2) is 5.69 Å². The number of aromatic nitrogens is 4. The maximum atomic E-state index is 12.2. The summed E-state index contributed by atoms with van der Waals surface area (Å²) in [6.07, 6.45) is 4.36. The van der Waals surface area contributed by atoms with Crippen LogP contribution in [0.3, 0.4) is 0 Å². The average molecular weight is 347 g/mol. The molecule has 3 aromatic rings. The highest BCUT2D eigenvalue weighted by Crippen LogP contribution is 2.23. The molecule has 0 unspecified atom stereocenters. The third kappa shape index (κ3) is 4.02. The van der Waals surface area contributed by atoms with Crippen molar-refractivity contribution in [3.8, 4) is 10.6 Å². The number of unbranched alkanes of at least 4 members (excludes halogenated alkanes) is 2. The van der Waals surface area contributed by atoms with Crippen LogP contribution in [0, 0.1) is 0 Å². The molecule has 3 heterocycles. The average Bonchev–Trinajstić information content (AvgIpc) is 3.29. The predicted molar refractivity (Wildman–Crippen MR) is 93.0 cm³/mol. The van der Waals surface area contributed by atoms with Crippen LogP contribution >= 0.6 is 22.7 Å². The van der Waals surface area contributed by atoms with Gasteiger partial charge in [-0.2, -0.15) is 5.10 Å². The molecule has 0 fully saturated rings. The molecule has 23 heavy (non-hydrogen) atoms. The number of aryl methyl sites for hydroxylation is 1. The molecule has 3 rings (SSSR count). The summed E-state index contributed by atoms with van der Waals surface area (Å²) in [6.45, 7) is 2.17. The number of carbonyl (C=O) groups excluding carboxylic acids is 1. The number of thiophene rings is 1. The Morgan fingerprint density at radius 1 is 1.35 bits per heavy atom. The summed E-state index contributed by atoms with van der Waals surface area (Å²) in [5.41, 5.74) is 1.18. The third-order valence-electron chi connectivity index (χ3n) is 3.28. The second-order valence-electron chi connectivity index (χ2n) is 5.06. The second kappa shape index (κ2) is 7.47. The Kier molecular flexibility index (Phi) is 5.14. The lowest BCUT2D eigenvalue weighted by Crippen LogP contribution is -2.12. The number of hydrogen-bond acceptors (Lipinski definition) is 6. The zero-order chi connectivity index (χ0) is 16.1. The van der Waals surface area contributed by atoms with Gasteiger partial charge in [-0.25, -0.2) is 0 Å². The Morgan fingerprint density at radius 2 is 2.26 bits per heavy atom. The molecule has 0 aliphatic rings. The number of aromatic amines is 1. The molecule has 0 radical (unpaired) electrons. The van der Waals surface area contributed by atoms with Gasteiger partial charge in [0.1, 0.15) is 5.01 Å². The minimum Gasteiger partial charge on any atom is -0.295 e. The van der Waals surface area contributed by atoms with Crippen molar-refractivity contribution in [2.45, 2.75) is 32.6 Å². The van der Waals surface area contributed by atoms with Crippen molar-refractivity contribution >= 4 is 33.7 Å². The highest BCUT2D eigenvalue weighted by atomic mass is 32.1. The fourth-order valence-corrected chi connectivity index (χ4v) is 3.56. The van der Waals surface area contributed by atoms with Gasteiger partial charge in [0.2, 0.25) is 5.13 Å². The van der Waals surface area contributed by atoms with E-state index < -0.39 is 0 Å². The van der Waals surface area contributed by atoms with Crippen LogP contribution in [-0.2, 0) is 6.42 Å². The number of nitrogens with one attached hydrogen (secondary N) is 2. The smallest absolute Gasteiger partial charge is 0.277 e. The zero-order valence-electron chi connectivity index (χ0n) is 12.7. The summed E-state index contributed by atoms with van der Waals surface area (Å²) in [4.78, 5) is 13.3. The van der Waals surface area contributed by atoms with E-state index in [9.17, 15) is 4.79 Å². The number of nitrogens with zero attached hydrogens (tertiary/aromatic N) is 3. The van der Waals surface area contributed by atoms with Gasteiger partial charge in [0.05, 0.1) is 10.6 Å². The van der Waals surface area contributed by atoms with Gasteiger partial charge in [-0.1, -0.05) is 37.2 Å². The minimum atomic E-state index is -0.277. The standard InChI is InChI=1S/C15H17N5OS2/c1-2-3-4-7-13-19-20-15(23-13)16-14(21)11-9-10(17-18-11)12-6-5-8-22-12/h5-6,8-9H,2-4,7H2,1H3,(H,17,18)(H,16,20,21). The summed E-state index contributed by atoms with van der Waals surface area (Å²) >= 11 is 3.02. The van der Waals surface area contributed by atoms with Crippen molar-refractivity contribution in [2.75, 3.05) is 5.32 Å². The topological polar surface area (TPSA) is 83.6 Å². The molecular weight excluding hydrogens is 330 g/mol. The Morgan fingerprint density at radius 3 is 3.04 bits per heavy atom. The summed E-state index contributed by atoms with van der Waals surface area (Å²) in [5.74, 6) is -0.277. The van der Waals surface area contributed by atoms with Crippen LogP contribution in [0.2, 0.25) is 0 Å². The van der Waals surface area contributed by atoms with E-state index in [1.807, 2.05) is 17.5 Å². The van der Waals surface area contributed by atoms with Crippen LogP contribution in [0.4, 0.5) is 5.13 Å². The summed E-state index contributed by atoms with van der Waals surface area (Å²) in [5, 5.41) is 21.3. The van der Waals surface area contributed by atoms with Crippen molar-refractivity contribution < 1.29 is 4.79 Å². The maximum Gasteiger partial charge on any atom is 0.277 e. The lowest BCUT2D eigenvalue weighted by atomic mass is 10.2. The summed E-state index contributed by atoms with van der Waals surface area (Å²) < 4.78 is 0. The van der Waals surface area contributed by atoms with Crippen molar-refractivity contribution in [2.24, 2.45) is 0 Å². The Hall–Kier alpha value is -2.06. The van der Waals surface area contributed by atoms with Gasteiger partial charge in [0, 0.05) is 6.42 Å². The van der Waals surface area contributed by atoms with Crippen molar-refractivity contribution in [3.63, 3.8) is 0 Å². The van der Waals surface area contributed by atoms with Gasteiger partial charge in [-0.3, -0.25) is 15.2 Å². The van der Waals surface area contributed by atoms with E-state index in [2.05, 4.69) is 32.6 Å². The first-order chi connectivity index (χ1) is 11.3. The summed E-state index contributed by atoms with van der Waals surface area (Å²) in [6, 6.07) is 5.68. The molecule has 0 aliphatic carbocycles. The van der Waals surface area contributed by atoms with E-state index in [1.54, 1.807) is 17.4 Å². The van der Waals surface area contributed by atoms with Gasteiger partial charge in [-0.15, -0.1) is 21.5 Å². The molecule has 0 atom stereocenters. The first kappa shape index (κ1) is 15.8. The quantitative estimate of drug-likeness (QED) is 0.633. The van der Waals surface area contributed by atoms with E-state index in [0.29, 0.717) is 10.8 Å². The SMILES string of the molecule is CCCCCc1nnc(NC(=O)c2cc(-c3cccs3)[nH]n2)s1. The molecule has 0 aliphatic heterocycles. The number of rotatable bonds is 7. The molecule has 1 amide bonds. The summed E-state index contributed by atoms with van der Waals surface area (Å²) in [7, 11) is 0. The fourth-order valence-electron chi connectivity index (χ4n) is 2.09. The Balaban J connectivity index is 1.61. The molecule has 0 bridgehead atoms. The molecule has 0 saturated heterocycles. The number of H-pyrrole nitrogens is 1. The molecule has 6 nitrogen and oxygen atoms in total. The molecular formula is C15H17N5OS2. The number of hydrogen-bond donors (Lipinski definition) is 2. The largest absolute Gasteiger partial charge is 0.295 e. The van der Waals surface area contributed by atoms with E-state index in [4.69, 9.17) is 0 Å². The van der Waals surface area contributed by atoms with E-state index in [0.717, 1.165) is 28.4 Å². The van der Waals surface area contributed by atoms with Gasteiger partial charge < -0.3 is 0 Å². The molecule has 0 spiro atoms. The Labute approximate surface area is 142 Å². The molecule has 0 saturated carbocycles. The lowest BCUT2D eigenvalue weighted by Gasteiger charge is -1.96. The van der Waals surface area contributed by atoms with Crippen LogP contribution in [0.5, 0.6) is 0 Å². The van der Waals surface area contributed by atoms with Crippen molar-refractivity contribution in [3.05, 3.63) is 34.3 Å². The van der Waals surface area contributed by atoms with Crippen LogP contribution in [0.15, 0.2) is 23.6 Å². The van der Waals surface area contributed by atoms with E-state index >= 15 is 0 Å². The fraction of sp³-hybridized carbons (Fsp3) is 0.333. The number of amides is 1. The number of anilines is 1. The normalized spacial score (nSPS) is 10.8. The van der Waals surface area contributed by atoms with Crippen LogP contribution in [0.1, 0.15) is 41.7 Å². The molecule has 3 aromatic heterocycles. The molecule has 2 N–H and O–H groups in total.